The summed E-state index contributed by atoms with van der Waals surface area (Å²) in [4.78, 5) is 11.0. The van der Waals surface area contributed by atoms with Crippen molar-refractivity contribution in [1.29, 1.82) is 0 Å². The van der Waals surface area contributed by atoms with Crippen LogP contribution >= 0.6 is 0 Å². The van der Waals surface area contributed by atoms with Gasteiger partial charge in [-0.25, -0.2) is 0 Å². The van der Waals surface area contributed by atoms with Crippen LogP contribution in [-0.4, -0.2) is 22.0 Å². The van der Waals surface area contributed by atoms with Gasteiger partial charge >= 0.3 is 0 Å². The first-order valence-electron chi connectivity index (χ1n) is 3.07. The molecule has 1 rings (SSSR count). The SMILES string of the molecule is C[S@](=O)CC(=O)c1ccco1. The number of furan rings is 1. The van der Waals surface area contributed by atoms with Crippen LogP contribution < -0.4 is 0 Å². The van der Waals surface area contributed by atoms with Crippen molar-refractivity contribution < 1.29 is 13.4 Å². The number of hydrogen-bond acceptors (Lipinski definition) is 3. The Morgan fingerprint density at radius 3 is 2.91 bits per heavy atom. The Kier molecular flexibility index (Phi) is 2.59. The minimum absolute atomic E-state index is 0.0352. The highest BCUT2D eigenvalue weighted by Crippen LogP contribution is 2.01. The summed E-state index contributed by atoms with van der Waals surface area (Å²) in [6.45, 7) is 0. The number of rotatable bonds is 3. The van der Waals surface area contributed by atoms with Crippen LogP contribution in [-0.2, 0) is 10.8 Å². The maximum atomic E-state index is 11.0. The Hall–Kier alpha value is -0.900. The Morgan fingerprint density at radius 1 is 1.73 bits per heavy atom. The van der Waals surface area contributed by atoms with E-state index in [0.29, 0.717) is 0 Å². The summed E-state index contributed by atoms with van der Waals surface area (Å²) in [6, 6.07) is 3.20. The van der Waals surface area contributed by atoms with E-state index in [2.05, 4.69) is 0 Å². The predicted octanol–water partition coefficient (Wildman–Crippen LogP) is 0.841. The molecule has 0 N–H and O–H groups in total. The summed E-state index contributed by atoms with van der Waals surface area (Å²) in [5, 5.41) is 0. The summed E-state index contributed by atoms with van der Waals surface area (Å²) in [5.74, 6) is 0.101. The smallest absolute Gasteiger partial charge is 0.210 e. The average molecular weight is 172 g/mol. The molecule has 1 atom stereocenters. The van der Waals surface area contributed by atoms with Gasteiger partial charge in [0, 0.05) is 17.1 Å². The fourth-order valence-corrected chi connectivity index (χ4v) is 1.20. The second-order valence-electron chi connectivity index (χ2n) is 2.12. The fourth-order valence-electron chi connectivity index (χ4n) is 0.693. The molecular formula is C7H8O3S. The molecule has 0 aliphatic carbocycles. The van der Waals surface area contributed by atoms with E-state index < -0.39 is 10.8 Å². The van der Waals surface area contributed by atoms with Gasteiger partial charge in [0.05, 0.1) is 12.0 Å². The van der Waals surface area contributed by atoms with Crippen LogP contribution in [0.3, 0.4) is 0 Å². The lowest BCUT2D eigenvalue weighted by atomic mass is 10.3. The van der Waals surface area contributed by atoms with Crippen molar-refractivity contribution >= 4 is 16.6 Å². The topological polar surface area (TPSA) is 47.3 Å². The summed E-state index contributed by atoms with van der Waals surface area (Å²) < 4.78 is 15.4. The molecule has 60 valence electrons. The molecule has 0 radical (unpaired) electrons. The Labute approximate surface area is 66.9 Å². The first-order valence-corrected chi connectivity index (χ1v) is 4.79. The van der Waals surface area contributed by atoms with Crippen molar-refractivity contribution in [2.45, 2.75) is 0 Å². The Morgan fingerprint density at radius 2 is 2.45 bits per heavy atom. The molecule has 0 aliphatic rings. The average Bonchev–Trinajstić information content (AvgIpc) is 2.35. The largest absolute Gasteiger partial charge is 0.461 e. The first kappa shape index (κ1) is 8.20. The summed E-state index contributed by atoms with van der Waals surface area (Å²) in [5.41, 5.74) is 0. The molecule has 0 spiro atoms. The first-order chi connectivity index (χ1) is 5.20. The number of Topliss-reactive ketones (excluding diaryl/α,β-unsaturated/α-hetero) is 1. The van der Waals surface area contributed by atoms with Crippen molar-refractivity contribution in [2.24, 2.45) is 0 Å². The zero-order valence-corrected chi connectivity index (χ0v) is 6.89. The highest BCUT2D eigenvalue weighted by atomic mass is 32.2. The number of carbonyl (C=O) groups excluding carboxylic acids is 1. The molecule has 0 bridgehead atoms. The third-order valence-corrected chi connectivity index (χ3v) is 1.80. The normalized spacial score (nSPS) is 12.8. The van der Waals surface area contributed by atoms with Gasteiger partial charge in [-0.15, -0.1) is 0 Å². The van der Waals surface area contributed by atoms with Gasteiger partial charge in [0.25, 0.3) is 0 Å². The standard InChI is InChI=1S/C7H8O3S/c1-11(9)5-6(8)7-3-2-4-10-7/h2-4H,5H2,1H3/t11-/m0/s1. The van der Waals surface area contributed by atoms with Gasteiger partial charge < -0.3 is 4.42 Å². The van der Waals surface area contributed by atoms with Gasteiger partial charge in [-0.3, -0.25) is 9.00 Å². The summed E-state index contributed by atoms with van der Waals surface area (Å²) in [7, 11) is -1.09. The molecule has 1 heterocycles. The molecule has 0 saturated heterocycles. The van der Waals surface area contributed by atoms with Crippen LogP contribution in [0.25, 0.3) is 0 Å². The molecule has 4 heteroatoms. The molecule has 0 aromatic carbocycles. The van der Waals surface area contributed by atoms with Crippen molar-refractivity contribution in [3.63, 3.8) is 0 Å². The van der Waals surface area contributed by atoms with Crippen LogP contribution in [0.2, 0.25) is 0 Å². The third-order valence-electron chi connectivity index (χ3n) is 1.13. The zero-order valence-electron chi connectivity index (χ0n) is 6.07. The maximum absolute atomic E-state index is 11.0. The molecule has 3 nitrogen and oxygen atoms in total. The summed E-state index contributed by atoms with van der Waals surface area (Å²) in [6.07, 6.45) is 2.91. The van der Waals surface area contributed by atoms with Gasteiger partial charge in [0.1, 0.15) is 0 Å². The number of hydrogen-bond donors (Lipinski definition) is 0. The quantitative estimate of drug-likeness (QED) is 0.635. The van der Waals surface area contributed by atoms with Crippen LogP contribution in [0.1, 0.15) is 10.6 Å². The lowest BCUT2D eigenvalue weighted by Gasteiger charge is -1.91. The van der Waals surface area contributed by atoms with Gasteiger partial charge in [-0.1, -0.05) is 0 Å². The van der Waals surface area contributed by atoms with Crippen LogP contribution in [0.15, 0.2) is 22.8 Å². The van der Waals surface area contributed by atoms with E-state index >= 15 is 0 Å². The second-order valence-corrected chi connectivity index (χ2v) is 3.55. The van der Waals surface area contributed by atoms with E-state index in [1.54, 1.807) is 12.1 Å². The summed E-state index contributed by atoms with van der Waals surface area (Å²) >= 11 is 0. The molecule has 1 aromatic rings. The van der Waals surface area contributed by atoms with Crippen molar-refractivity contribution in [3.05, 3.63) is 24.2 Å². The maximum Gasteiger partial charge on any atom is 0.210 e. The van der Waals surface area contributed by atoms with Crippen molar-refractivity contribution in [2.75, 3.05) is 12.0 Å². The minimum atomic E-state index is -1.09. The predicted molar refractivity (Wildman–Crippen MR) is 42.0 cm³/mol. The van der Waals surface area contributed by atoms with Crippen molar-refractivity contribution in [1.82, 2.24) is 0 Å². The highest BCUT2D eigenvalue weighted by molar-refractivity contribution is 7.85. The van der Waals surface area contributed by atoms with Crippen LogP contribution in [0.5, 0.6) is 0 Å². The Balaban J connectivity index is 2.64. The number of ketones is 1. The van der Waals surface area contributed by atoms with E-state index in [4.69, 9.17) is 4.42 Å². The van der Waals surface area contributed by atoms with Crippen LogP contribution in [0, 0.1) is 0 Å². The zero-order chi connectivity index (χ0) is 8.27. The lowest BCUT2D eigenvalue weighted by molar-refractivity contribution is 0.0991. The Bertz CT molecular complexity index is 263. The van der Waals surface area contributed by atoms with Gasteiger partial charge in [0.2, 0.25) is 5.78 Å². The van der Waals surface area contributed by atoms with Crippen molar-refractivity contribution in [3.8, 4) is 0 Å². The highest BCUT2D eigenvalue weighted by Gasteiger charge is 2.09. The second kappa shape index (κ2) is 3.48. The number of carbonyl (C=O) groups is 1. The van der Waals surface area contributed by atoms with Gasteiger partial charge in [0.15, 0.2) is 5.76 Å². The molecule has 0 fully saturated rings. The van der Waals surface area contributed by atoms with Crippen LogP contribution in [0.4, 0.5) is 0 Å². The minimum Gasteiger partial charge on any atom is -0.461 e. The monoisotopic (exact) mass is 172 g/mol. The molecule has 0 saturated carbocycles. The van der Waals surface area contributed by atoms with E-state index in [9.17, 15) is 9.00 Å². The van der Waals surface area contributed by atoms with E-state index in [0.717, 1.165) is 0 Å². The van der Waals surface area contributed by atoms with E-state index in [-0.39, 0.29) is 17.3 Å². The van der Waals surface area contributed by atoms with Gasteiger partial charge in [-0.05, 0) is 12.1 Å². The molecule has 0 amide bonds. The lowest BCUT2D eigenvalue weighted by Crippen LogP contribution is -2.08. The fraction of sp³-hybridized carbons (Fsp3) is 0.286. The van der Waals surface area contributed by atoms with Gasteiger partial charge in [-0.2, -0.15) is 0 Å². The molecular weight excluding hydrogens is 164 g/mol. The third kappa shape index (κ3) is 2.31. The molecule has 0 unspecified atom stereocenters. The van der Waals surface area contributed by atoms with E-state index in [1.807, 2.05) is 0 Å². The molecule has 1 aromatic heterocycles. The molecule has 11 heavy (non-hydrogen) atoms. The van der Waals surface area contributed by atoms with E-state index in [1.165, 1.54) is 12.5 Å². The molecule has 0 aliphatic heterocycles.